The molecule has 0 aliphatic rings. The second-order valence-corrected chi connectivity index (χ2v) is 5.57. The van der Waals surface area contributed by atoms with E-state index in [0.717, 1.165) is 32.2 Å². The molecule has 19 heavy (non-hydrogen) atoms. The third-order valence-corrected chi connectivity index (χ3v) is 4.03. The average Bonchev–Trinajstić information content (AvgIpc) is 2.39. The maximum Gasteiger partial charge on any atom is 0.224 e. The maximum atomic E-state index is 12.1. The summed E-state index contributed by atoms with van der Waals surface area (Å²) in [4.78, 5) is 14.3. The number of nitrogens with one attached hydrogen (secondary N) is 1. The molecule has 3 N–H and O–H groups in total. The Morgan fingerprint density at radius 3 is 2.16 bits per heavy atom. The third kappa shape index (κ3) is 6.39. The van der Waals surface area contributed by atoms with Crippen molar-refractivity contribution in [2.24, 2.45) is 17.6 Å². The Kier molecular flexibility index (Phi) is 9.88. The lowest BCUT2D eigenvalue weighted by Crippen LogP contribution is -2.46. The molecular formula is C15H33N3O. The number of amides is 1. The summed E-state index contributed by atoms with van der Waals surface area (Å²) < 4.78 is 0. The van der Waals surface area contributed by atoms with E-state index in [1.54, 1.807) is 0 Å². The molecule has 0 fully saturated rings. The number of carbonyl (C=O) groups excluding carboxylic acids is 1. The first-order valence-electron chi connectivity index (χ1n) is 7.65. The van der Waals surface area contributed by atoms with Crippen molar-refractivity contribution in [1.29, 1.82) is 0 Å². The SMILES string of the molecule is CCCC(CN)C(=O)NCC(C(CC)CC)N(C)C. The van der Waals surface area contributed by atoms with Gasteiger partial charge in [0.2, 0.25) is 5.91 Å². The Morgan fingerprint density at radius 1 is 1.21 bits per heavy atom. The van der Waals surface area contributed by atoms with Gasteiger partial charge in [-0.2, -0.15) is 0 Å². The molecule has 0 saturated carbocycles. The number of nitrogens with two attached hydrogens (primary N) is 1. The van der Waals surface area contributed by atoms with Crippen molar-refractivity contribution in [1.82, 2.24) is 10.2 Å². The minimum atomic E-state index is -0.0329. The van der Waals surface area contributed by atoms with Crippen molar-refractivity contribution in [3.63, 3.8) is 0 Å². The summed E-state index contributed by atoms with van der Waals surface area (Å²) in [5.74, 6) is 0.703. The van der Waals surface area contributed by atoms with Gasteiger partial charge in [-0.1, -0.05) is 40.0 Å². The lowest BCUT2D eigenvalue weighted by atomic mass is 9.93. The second-order valence-electron chi connectivity index (χ2n) is 5.57. The van der Waals surface area contributed by atoms with Crippen molar-refractivity contribution >= 4 is 5.91 Å². The van der Waals surface area contributed by atoms with E-state index in [0.29, 0.717) is 18.5 Å². The summed E-state index contributed by atoms with van der Waals surface area (Å²) >= 11 is 0. The number of hydrogen-bond donors (Lipinski definition) is 2. The number of carbonyl (C=O) groups is 1. The molecule has 2 atom stereocenters. The van der Waals surface area contributed by atoms with Crippen LogP contribution in [0.5, 0.6) is 0 Å². The smallest absolute Gasteiger partial charge is 0.224 e. The van der Waals surface area contributed by atoms with E-state index < -0.39 is 0 Å². The van der Waals surface area contributed by atoms with E-state index in [-0.39, 0.29) is 11.8 Å². The van der Waals surface area contributed by atoms with Crippen LogP contribution < -0.4 is 11.1 Å². The summed E-state index contributed by atoms with van der Waals surface area (Å²) in [6.07, 6.45) is 4.16. The normalized spacial score (nSPS) is 14.7. The van der Waals surface area contributed by atoms with Gasteiger partial charge in [-0.3, -0.25) is 4.79 Å². The van der Waals surface area contributed by atoms with Gasteiger partial charge in [0.05, 0.1) is 5.92 Å². The first-order valence-corrected chi connectivity index (χ1v) is 7.65. The Bertz CT molecular complexity index is 240. The third-order valence-electron chi connectivity index (χ3n) is 4.03. The minimum Gasteiger partial charge on any atom is -0.354 e. The molecule has 0 bridgehead atoms. The zero-order valence-corrected chi connectivity index (χ0v) is 13.4. The highest BCUT2D eigenvalue weighted by atomic mass is 16.1. The van der Waals surface area contributed by atoms with Crippen LogP contribution in [0.3, 0.4) is 0 Å². The summed E-state index contributed by atoms with van der Waals surface area (Å²) in [5.41, 5.74) is 5.67. The van der Waals surface area contributed by atoms with E-state index in [1.807, 2.05) is 0 Å². The summed E-state index contributed by atoms with van der Waals surface area (Å²) in [5, 5.41) is 3.09. The zero-order valence-electron chi connectivity index (χ0n) is 13.4. The van der Waals surface area contributed by atoms with Gasteiger partial charge in [-0.25, -0.2) is 0 Å². The minimum absolute atomic E-state index is 0.0329. The van der Waals surface area contributed by atoms with Gasteiger partial charge in [-0.15, -0.1) is 0 Å². The van der Waals surface area contributed by atoms with E-state index in [4.69, 9.17) is 5.73 Å². The van der Waals surface area contributed by atoms with Crippen molar-refractivity contribution in [2.75, 3.05) is 27.2 Å². The molecule has 0 aromatic rings. The first-order chi connectivity index (χ1) is 9.01. The molecule has 4 heteroatoms. The predicted molar refractivity (Wildman–Crippen MR) is 82.0 cm³/mol. The Morgan fingerprint density at radius 2 is 1.79 bits per heavy atom. The Labute approximate surface area is 119 Å². The van der Waals surface area contributed by atoms with E-state index in [1.165, 1.54) is 0 Å². The number of hydrogen-bond acceptors (Lipinski definition) is 3. The molecule has 0 rings (SSSR count). The van der Waals surface area contributed by atoms with Crippen LogP contribution in [0.1, 0.15) is 46.5 Å². The van der Waals surface area contributed by atoms with Crippen molar-refractivity contribution in [3.05, 3.63) is 0 Å². The molecule has 0 spiro atoms. The van der Waals surface area contributed by atoms with Crippen LogP contribution in [-0.4, -0.2) is 44.0 Å². The molecule has 1 amide bonds. The standard InChI is InChI=1S/C15H33N3O/c1-6-9-13(10-16)15(19)17-11-14(18(4)5)12(7-2)8-3/h12-14H,6-11,16H2,1-5H3,(H,17,19). The molecule has 0 aromatic carbocycles. The van der Waals surface area contributed by atoms with Gasteiger partial charge in [0.15, 0.2) is 0 Å². The fourth-order valence-electron chi connectivity index (χ4n) is 2.66. The maximum absolute atomic E-state index is 12.1. The second kappa shape index (κ2) is 10.2. The molecule has 0 saturated heterocycles. The van der Waals surface area contributed by atoms with Gasteiger partial charge >= 0.3 is 0 Å². The van der Waals surface area contributed by atoms with Gasteiger partial charge in [0.25, 0.3) is 0 Å². The van der Waals surface area contributed by atoms with E-state index in [9.17, 15) is 4.79 Å². The van der Waals surface area contributed by atoms with E-state index >= 15 is 0 Å². The van der Waals surface area contributed by atoms with Crippen LogP contribution in [0.25, 0.3) is 0 Å². The highest BCUT2D eigenvalue weighted by Crippen LogP contribution is 2.16. The quantitative estimate of drug-likeness (QED) is 0.637. The molecule has 0 heterocycles. The van der Waals surface area contributed by atoms with Crippen LogP contribution in [0.15, 0.2) is 0 Å². The van der Waals surface area contributed by atoms with Gasteiger partial charge < -0.3 is 16.0 Å². The Balaban J connectivity index is 4.42. The van der Waals surface area contributed by atoms with Crippen molar-refractivity contribution in [3.8, 4) is 0 Å². The van der Waals surface area contributed by atoms with Crippen LogP contribution in [-0.2, 0) is 4.79 Å². The van der Waals surface area contributed by atoms with Crippen LogP contribution in [0, 0.1) is 11.8 Å². The highest BCUT2D eigenvalue weighted by molar-refractivity contribution is 5.78. The summed E-state index contributed by atoms with van der Waals surface area (Å²) in [7, 11) is 4.17. The van der Waals surface area contributed by atoms with Crippen LogP contribution in [0.4, 0.5) is 0 Å². The monoisotopic (exact) mass is 271 g/mol. The number of likely N-dealkylation sites (N-methyl/N-ethyl adjacent to an activating group) is 1. The van der Waals surface area contributed by atoms with Crippen molar-refractivity contribution < 1.29 is 4.79 Å². The lowest BCUT2D eigenvalue weighted by Gasteiger charge is -2.32. The molecule has 0 aliphatic heterocycles. The fourth-order valence-corrected chi connectivity index (χ4v) is 2.66. The summed E-state index contributed by atoms with van der Waals surface area (Å²) in [6, 6.07) is 0.402. The van der Waals surface area contributed by atoms with Gasteiger partial charge in [0, 0.05) is 19.1 Å². The fraction of sp³-hybridized carbons (Fsp3) is 0.933. The molecule has 0 aliphatic carbocycles. The molecule has 0 aromatic heterocycles. The molecular weight excluding hydrogens is 238 g/mol. The van der Waals surface area contributed by atoms with Crippen LogP contribution >= 0.6 is 0 Å². The summed E-state index contributed by atoms with van der Waals surface area (Å²) in [6.45, 7) is 7.68. The van der Waals surface area contributed by atoms with Crippen LogP contribution in [0.2, 0.25) is 0 Å². The van der Waals surface area contributed by atoms with Gasteiger partial charge in [0.1, 0.15) is 0 Å². The average molecular weight is 271 g/mol. The number of rotatable bonds is 10. The Hall–Kier alpha value is -0.610. The van der Waals surface area contributed by atoms with Crippen molar-refractivity contribution in [2.45, 2.75) is 52.5 Å². The topological polar surface area (TPSA) is 58.4 Å². The predicted octanol–water partition coefficient (Wildman–Crippen LogP) is 1.84. The molecule has 4 nitrogen and oxygen atoms in total. The van der Waals surface area contributed by atoms with Gasteiger partial charge in [-0.05, 0) is 26.4 Å². The first kappa shape index (κ1) is 18.4. The zero-order chi connectivity index (χ0) is 14.8. The molecule has 0 radical (unpaired) electrons. The van der Waals surface area contributed by atoms with E-state index in [2.05, 4.69) is 45.1 Å². The highest BCUT2D eigenvalue weighted by Gasteiger charge is 2.23. The molecule has 2 unspecified atom stereocenters. The number of nitrogens with zero attached hydrogens (tertiary/aromatic N) is 1. The lowest BCUT2D eigenvalue weighted by molar-refractivity contribution is -0.125. The molecule has 114 valence electrons. The largest absolute Gasteiger partial charge is 0.354 e.